The third-order valence-corrected chi connectivity index (χ3v) is 7.34. The predicted octanol–water partition coefficient (Wildman–Crippen LogP) is 5.06. The summed E-state index contributed by atoms with van der Waals surface area (Å²) in [6.07, 6.45) is 4.74. The smallest absolute Gasteiger partial charge is 0.326 e. The van der Waals surface area contributed by atoms with Crippen LogP contribution in [0.5, 0.6) is 0 Å². The van der Waals surface area contributed by atoms with Gasteiger partial charge in [-0.2, -0.15) is 11.8 Å². The van der Waals surface area contributed by atoms with Gasteiger partial charge in [0.15, 0.2) is 0 Å². The number of aliphatic hydroxyl groups excluding tert-OH is 1. The predicted molar refractivity (Wildman–Crippen MR) is 156 cm³/mol. The van der Waals surface area contributed by atoms with Crippen molar-refractivity contribution in [3.05, 3.63) is 113 Å². The van der Waals surface area contributed by atoms with Crippen LogP contribution in [0.25, 0.3) is 11.1 Å². The summed E-state index contributed by atoms with van der Waals surface area (Å²) in [4.78, 5) is 29.3. The molecule has 1 aromatic heterocycles. The second-order valence-corrected chi connectivity index (χ2v) is 10.4. The molecular formula is C31H31F2N3O5S. The number of aromatic nitrogens is 2. The van der Waals surface area contributed by atoms with Gasteiger partial charge in [-0.3, -0.25) is 4.79 Å². The van der Waals surface area contributed by atoms with Crippen LogP contribution in [-0.2, 0) is 22.7 Å². The average molecular weight is 596 g/mol. The highest BCUT2D eigenvalue weighted by atomic mass is 32.2. The van der Waals surface area contributed by atoms with Crippen LogP contribution < -0.4 is 5.32 Å². The molecule has 0 aliphatic carbocycles. The number of thioether (sulfide) groups is 1. The van der Waals surface area contributed by atoms with Crippen LogP contribution in [0.4, 0.5) is 8.78 Å². The third-order valence-electron chi connectivity index (χ3n) is 6.69. The number of rotatable bonds is 14. The van der Waals surface area contributed by atoms with E-state index in [2.05, 4.69) is 10.3 Å². The maximum atomic E-state index is 13.8. The van der Waals surface area contributed by atoms with Crippen LogP contribution in [-0.4, -0.2) is 56.3 Å². The van der Waals surface area contributed by atoms with E-state index in [0.717, 1.165) is 0 Å². The van der Waals surface area contributed by atoms with E-state index in [1.54, 1.807) is 47.3 Å². The summed E-state index contributed by atoms with van der Waals surface area (Å²) in [6.45, 7) is 0.389. The number of nitrogens with zero attached hydrogens (tertiary/aromatic N) is 2. The van der Waals surface area contributed by atoms with E-state index in [0.29, 0.717) is 40.4 Å². The number of carboxylic acid groups (broad SMARTS) is 1. The van der Waals surface area contributed by atoms with Gasteiger partial charge in [0.2, 0.25) is 0 Å². The molecule has 0 spiro atoms. The molecule has 0 bridgehead atoms. The SMILES string of the molecule is CSCC[C@H](NC(=O)c1ccc(C(OCCn2ccnc2CO)c2ccc(F)cc2)cc1-c1ccc(F)cc1)C(=O)O. The molecule has 0 saturated carbocycles. The molecule has 0 saturated heterocycles. The first kappa shape index (κ1) is 30.9. The van der Waals surface area contributed by atoms with E-state index in [9.17, 15) is 28.6 Å². The van der Waals surface area contributed by atoms with E-state index >= 15 is 0 Å². The fraction of sp³-hybridized carbons (Fsp3) is 0.258. The van der Waals surface area contributed by atoms with Gasteiger partial charge in [0.1, 0.15) is 36.2 Å². The first-order chi connectivity index (χ1) is 20.3. The average Bonchev–Trinajstić information content (AvgIpc) is 3.45. The van der Waals surface area contributed by atoms with Gasteiger partial charge in [0.05, 0.1) is 6.61 Å². The second-order valence-electron chi connectivity index (χ2n) is 9.46. The van der Waals surface area contributed by atoms with Crippen molar-refractivity contribution in [3.8, 4) is 11.1 Å². The topological polar surface area (TPSA) is 114 Å². The third kappa shape index (κ3) is 7.81. The Balaban J connectivity index is 1.71. The van der Waals surface area contributed by atoms with E-state index in [1.807, 2.05) is 6.26 Å². The Hall–Kier alpha value is -4.06. The Morgan fingerprint density at radius 1 is 1.02 bits per heavy atom. The van der Waals surface area contributed by atoms with E-state index in [4.69, 9.17) is 4.74 Å². The van der Waals surface area contributed by atoms with Crippen molar-refractivity contribution in [2.24, 2.45) is 0 Å². The number of carbonyl (C=O) groups excluding carboxylic acids is 1. The number of nitrogens with one attached hydrogen (secondary N) is 1. The van der Waals surface area contributed by atoms with Gasteiger partial charge in [0, 0.05) is 24.5 Å². The van der Waals surface area contributed by atoms with Crippen LogP contribution in [0.3, 0.4) is 0 Å². The highest BCUT2D eigenvalue weighted by Gasteiger charge is 2.24. The quantitative estimate of drug-likeness (QED) is 0.187. The number of aliphatic hydroxyl groups is 1. The van der Waals surface area contributed by atoms with Crippen LogP contribution in [0.1, 0.15) is 39.8 Å². The number of halogens is 2. The molecule has 1 heterocycles. The van der Waals surface area contributed by atoms with Gasteiger partial charge in [-0.05, 0) is 77.1 Å². The summed E-state index contributed by atoms with van der Waals surface area (Å²) < 4.78 is 35.6. The molecule has 4 rings (SSSR count). The molecule has 11 heteroatoms. The lowest BCUT2D eigenvalue weighted by molar-refractivity contribution is -0.139. The summed E-state index contributed by atoms with van der Waals surface area (Å²) in [7, 11) is 0. The minimum Gasteiger partial charge on any atom is -0.480 e. The normalized spacial score (nSPS) is 12.6. The second kappa shape index (κ2) is 14.7. The van der Waals surface area contributed by atoms with Crippen molar-refractivity contribution >= 4 is 23.6 Å². The zero-order chi connectivity index (χ0) is 30.1. The molecule has 8 nitrogen and oxygen atoms in total. The zero-order valence-electron chi connectivity index (χ0n) is 22.9. The Morgan fingerprint density at radius 2 is 1.69 bits per heavy atom. The largest absolute Gasteiger partial charge is 0.480 e. The molecule has 42 heavy (non-hydrogen) atoms. The monoisotopic (exact) mass is 595 g/mol. The van der Waals surface area contributed by atoms with Crippen LogP contribution in [0, 0.1) is 11.6 Å². The number of hydrogen-bond donors (Lipinski definition) is 3. The lowest BCUT2D eigenvalue weighted by Gasteiger charge is -2.22. The Bertz CT molecular complexity index is 1500. The summed E-state index contributed by atoms with van der Waals surface area (Å²) in [5.41, 5.74) is 2.51. The molecule has 0 aliphatic rings. The van der Waals surface area contributed by atoms with Crippen LogP contribution in [0.2, 0.25) is 0 Å². The van der Waals surface area contributed by atoms with Gasteiger partial charge >= 0.3 is 5.97 Å². The first-order valence-electron chi connectivity index (χ1n) is 13.2. The fourth-order valence-corrected chi connectivity index (χ4v) is 4.98. The van der Waals surface area contributed by atoms with Crippen LogP contribution >= 0.6 is 11.8 Å². The minimum atomic E-state index is -1.13. The summed E-state index contributed by atoms with van der Waals surface area (Å²) in [5, 5.41) is 21.7. The maximum absolute atomic E-state index is 13.8. The van der Waals surface area contributed by atoms with E-state index in [1.165, 1.54) is 48.2 Å². The Morgan fingerprint density at radius 3 is 2.33 bits per heavy atom. The van der Waals surface area contributed by atoms with Crippen LogP contribution in [0.15, 0.2) is 79.1 Å². The highest BCUT2D eigenvalue weighted by Crippen LogP contribution is 2.33. The number of benzene rings is 3. The van der Waals surface area contributed by atoms with Gasteiger partial charge < -0.3 is 24.8 Å². The molecule has 2 atom stereocenters. The molecule has 1 unspecified atom stereocenters. The number of aliphatic carboxylic acids is 1. The first-order valence-corrected chi connectivity index (χ1v) is 14.6. The van der Waals surface area contributed by atoms with Gasteiger partial charge in [-0.15, -0.1) is 0 Å². The summed E-state index contributed by atoms with van der Waals surface area (Å²) in [5.74, 6) is -1.52. The lowest BCUT2D eigenvalue weighted by atomic mass is 9.92. The lowest BCUT2D eigenvalue weighted by Crippen LogP contribution is -2.41. The summed E-state index contributed by atoms with van der Waals surface area (Å²) >= 11 is 1.48. The maximum Gasteiger partial charge on any atom is 0.326 e. The Kier molecular flexibility index (Phi) is 10.8. The van der Waals surface area contributed by atoms with Crippen molar-refractivity contribution in [1.29, 1.82) is 0 Å². The molecule has 0 aliphatic heterocycles. The standard InChI is InChI=1S/C31H31F2N3O5S/c1-42-17-12-27(31(39)40)35-30(38)25-11-6-22(18-26(25)20-2-7-23(32)8-3-20)29(21-4-9-24(33)10-5-21)41-16-15-36-14-13-34-28(36)19-37/h2-11,13-14,18,27,29,37H,12,15-17,19H2,1H3,(H,35,38)(H,39,40)/t27-,29?/m0/s1. The van der Waals surface area contributed by atoms with E-state index < -0.39 is 35.7 Å². The molecule has 1 amide bonds. The van der Waals surface area contributed by atoms with Gasteiger partial charge in [-0.1, -0.05) is 30.3 Å². The molecule has 3 aromatic carbocycles. The highest BCUT2D eigenvalue weighted by molar-refractivity contribution is 7.98. The molecule has 4 aromatic rings. The van der Waals surface area contributed by atoms with Gasteiger partial charge in [-0.25, -0.2) is 18.6 Å². The van der Waals surface area contributed by atoms with Crippen molar-refractivity contribution in [3.63, 3.8) is 0 Å². The van der Waals surface area contributed by atoms with Crippen molar-refractivity contribution < 1.29 is 33.3 Å². The fourth-order valence-electron chi connectivity index (χ4n) is 4.51. The number of carbonyl (C=O) groups is 2. The molecule has 220 valence electrons. The number of carboxylic acids is 1. The Labute approximate surface area is 246 Å². The number of amides is 1. The molecular weight excluding hydrogens is 564 g/mol. The molecule has 0 fully saturated rings. The number of ether oxygens (including phenoxy) is 1. The van der Waals surface area contributed by atoms with Crippen molar-refractivity contribution in [2.75, 3.05) is 18.6 Å². The molecule has 0 radical (unpaired) electrons. The molecule has 3 N–H and O–H groups in total. The zero-order valence-corrected chi connectivity index (χ0v) is 23.7. The van der Waals surface area contributed by atoms with Crippen molar-refractivity contribution in [1.82, 2.24) is 14.9 Å². The van der Waals surface area contributed by atoms with Crippen molar-refractivity contribution in [2.45, 2.75) is 31.7 Å². The number of imidazole rings is 1. The summed E-state index contributed by atoms with van der Waals surface area (Å²) in [6, 6.07) is 15.4. The minimum absolute atomic E-state index is 0.213. The van der Waals surface area contributed by atoms with Gasteiger partial charge in [0.25, 0.3) is 5.91 Å². The number of hydrogen-bond acceptors (Lipinski definition) is 6. The van der Waals surface area contributed by atoms with E-state index in [-0.39, 0.29) is 25.2 Å².